The maximum atomic E-state index is 12.4. The van der Waals surface area contributed by atoms with Crippen LogP contribution in [0.25, 0.3) is 0 Å². The van der Waals surface area contributed by atoms with Gasteiger partial charge in [-0.3, -0.25) is 0 Å². The molecule has 0 aromatic heterocycles. The molecule has 1 fully saturated rings. The number of carbonyl (C=O) groups is 1. The lowest BCUT2D eigenvalue weighted by Crippen LogP contribution is -2.24. The summed E-state index contributed by atoms with van der Waals surface area (Å²) in [6.45, 7) is 0. The van der Waals surface area contributed by atoms with Gasteiger partial charge in [0.05, 0.1) is 26.2 Å². The van der Waals surface area contributed by atoms with Crippen LogP contribution in [-0.2, 0) is 19.6 Å². The molecule has 1 aliphatic rings. The molecule has 0 spiro atoms. The Bertz CT molecular complexity index is 1010. The summed E-state index contributed by atoms with van der Waals surface area (Å²) in [5, 5.41) is 8.14. The number of ether oxygens (including phenoxy) is 4. The molecule has 29 heavy (non-hydrogen) atoms. The smallest absolute Gasteiger partial charge is 0.329 e. The first-order valence-corrected chi connectivity index (χ1v) is 10.2. The van der Waals surface area contributed by atoms with Gasteiger partial charge in [-0.05, 0) is 30.3 Å². The molecule has 1 unspecified atom stereocenters. The fourth-order valence-corrected chi connectivity index (χ4v) is 3.65. The third-order valence-corrected chi connectivity index (χ3v) is 5.53. The van der Waals surface area contributed by atoms with Crippen LogP contribution in [0, 0.1) is 0 Å². The highest BCUT2D eigenvalue weighted by molar-refractivity contribution is 7.89. The van der Waals surface area contributed by atoms with Crippen LogP contribution in [0.15, 0.2) is 41.3 Å². The summed E-state index contributed by atoms with van der Waals surface area (Å²) in [4.78, 5) is 12.4. The maximum Gasteiger partial charge on any atom is 0.329 e. The van der Waals surface area contributed by atoms with Crippen LogP contribution in [-0.4, -0.2) is 41.8 Å². The summed E-state index contributed by atoms with van der Waals surface area (Å²) < 4.78 is 44.3. The first-order chi connectivity index (χ1) is 13.8. The highest BCUT2D eigenvalue weighted by Gasteiger charge is 2.37. The number of methoxy groups -OCH3 is 3. The average Bonchev–Trinajstić information content (AvgIpc) is 3.06. The lowest BCUT2D eigenvalue weighted by molar-refractivity contribution is -0.142. The minimum atomic E-state index is -3.78. The van der Waals surface area contributed by atoms with Crippen molar-refractivity contribution in [2.75, 3.05) is 26.6 Å². The third kappa shape index (κ3) is 4.38. The summed E-state index contributed by atoms with van der Waals surface area (Å²) in [5.74, 6) is 1.08. The van der Waals surface area contributed by atoms with Crippen LogP contribution < -0.4 is 24.7 Å². The predicted molar refractivity (Wildman–Crippen MR) is 105 cm³/mol. The van der Waals surface area contributed by atoms with Gasteiger partial charge in [-0.15, -0.1) is 0 Å². The number of sulfonamides is 1. The molecule has 2 aromatic carbocycles. The van der Waals surface area contributed by atoms with Gasteiger partial charge in [0.1, 0.15) is 17.9 Å². The van der Waals surface area contributed by atoms with Gasteiger partial charge in [-0.25, -0.2) is 18.4 Å². The highest BCUT2D eigenvalue weighted by Crippen LogP contribution is 2.42. The normalized spacial score (nSPS) is 18.8. The Morgan fingerprint density at radius 3 is 2.14 bits per heavy atom. The first-order valence-electron chi connectivity index (χ1n) is 8.66. The molecule has 0 aliphatic carbocycles. The molecule has 3 N–H and O–H groups in total. The van der Waals surface area contributed by atoms with E-state index in [1.165, 1.54) is 45.6 Å². The third-order valence-electron chi connectivity index (χ3n) is 4.60. The number of hydrogen-bond donors (Lipinski definition) is 2. The second kappa shape index (κ2) is 8.18. The number of anilines is 1. The topological polar surface area (TPSA) is 126 Å². The molecule has 0 amide bonds. The van der Waals surface area contributed by atoms with Gasteiger partial charge in [-0.2, -0.15) is 0 Å². The van der Waals surface area contributed by atoms with E-state index in [9.17, 15) is 13.2 Å². The molecule has 156 valence electrons. The predicted octanol–water partition coefficient (Wildman–Crippen LogP) is 1.83. The summed E-state index contributed by atoms with van der Waals surface area (Å²) in [6, 6.07) is 8.60. The molecule has 1 saturated heterocycles. The van der Waals surface area contributed by atoms with Crippen molar-refractivity contribution >= 4 is 21.7 Å². The van der Waals surface area contributed by atoms with Crippen LogP contribution in [0.3, 0.4) is 0 Å². The van der Waals surface area contributed by atoms with Crippen LogP contribution in [0.2, 0.25) is 0 Å². The molecule has 3 rings (SSSR count). The first kappa shape index (κ1) is 20.7. The van der Waals surface area contributed by atoms with Gasteiger partial charge >= 0.3 is 5.97 Å². The van der Waals surface area contributed by atoms with Crippen molar-refractivity contribution in [3.63, 3.8) is 0 Å². The van der Waals surface area contributed by atoms with Gasteiger partial charge in [0, 0.05) is 23.7 Å². The van der Waals surface area contributed by atoms with Crippen molar-refractivity contribution in [3.8, 4) is 17.2 Å². The van der Waals surface area contributed by atoms with Crippen molar-refractivity contribution < 1.29 is 32.2 Å². The Balaban J connectivity index is 1.80. The van der Waals surface area contributed by atoms with E-state index in [2.05, 4.69) is 5.32 Å². The minimum absolute atomic E-state index is 0.00927. The molecule has 2 atom stereocenters. The number of benzene rings is 2. The quantitative estimate of drug-likeness (QED) is 0.647. The van der Waals surface area contributed by atoms with E-state index in [1.807, 2.05) is 0 Å². The van der Waals surface area contributed by atoms with Gasteiger partial charge in [0.15, 0.2) is 11.5 Å². The molecule has 1 heterocycles. The standard InChI is InChI=1S/C19H22N2O7S/c1-25-15-10-18(27-3)17(26-2)8-13(15)16-9-14(19(22)28-16)21-11-4-6-12(7-5-11)29(20,23)24/h4-8,10,14,16,21H,9H2,1-3H3,(H2,20,23,24)/t14?,16-/m1/s1. The lowest BCUT2D eigenvalue weighted by atomic mass is 10.0. The largest absolute Gasteiger partial charge is 0.496 e. The zero-order valence-electron chi connectivity index (χ0n) is 16.2. The Kier molecular flexibility index (Phi) is 5.85. The Morgan fingerprint density at radius 1 is 1.00 bits per heavy atom. The Labute approximate surface area is 168 Å². The number of rotatable bonds is 7. The number of cyclic esters (lactones) is 1. The average molecular weight is 422 g/mol. The summed E-state index contributed by atoms with van der Waals surface area (Å²) in [7, 11) is 0.780. The number of carbonyl (C=O) groups excluding carboxylic acids is 1. The molecule has 9 nitrogen and oxygen atoms in total. The van der Waals surface area contributed by atoms with Crippen molar-refractivity contribution in [3.05, 3.63) is 42.0 Å². The molecule has 0 radical (unpaired) electrons. The van der Waals surface area contributed by atoms with E-state index >= 15 is 0 Å². The minimum Gasteiger partial charge on any atom is -0.496 e. The van der Waals surface area contributed by atoms with Crippen LogP contribution in [0.5, 0.6) is 17.2 Å². The number of primary sulfonamides is 1. The van der Waals surface area contributed by atoms with E-state index in [-0.39, 0.29) is 4.90 Å². The monoisotopic (exact) mass is 422 g/mol. The van der Waals surface area contributed by atoms with E-state index < -0.39 is 28.1 Å². The van der Waals surface area contributed by atoms with E-state index in [0.717, 1.165) is 0 Å². The van der Waals surface area contributed by atoms with Crippen molar-refractivity contribution in [2.45, 2.75) is 23.5 Å². The van der Waals surface area contributed by atoms with Crippen LogP contribution in [0.1, 0.15) is 18.1 Å². The van der Waals surface area contributed by atoms with Gasteiger partial charge < -0.3 is 24.3 Å². The summed E-state index contributed by atoms with van der Waals surface area (Å²) in [6.07, 6.45) is -0.194. The lowest BCUT2D eigenvalue weighted by Gasteiger charge is -2.17. The number of esters is 1. The van der Waals surface area contributed by atoms with Crippen LogP contribution in [0.4, 0.5) is 5.69 Å². The fraction of sp³-hybridized carbons (Fsp3) is 0.316. The second-order valence-corrected chi connectivity index (χ2v) is 7.94. The molecule has 10 heteroatoms. The van der Waals surface area contributed by atoms with E-state index in [0.29, 0.717) is 34.9 Å². The summed E-state index contributed by atoms with van der Waals surface area (Å²) in [5.41, 5.74) is 1.23. The van der Waals surface area contributed by atoms with Crippen LogP contribution >= 0.6 is 0 Å². The van der Waals surface area contributed by atoms with Gasteiger partial charge in [0.2, 0.25) is 10.0 Å². The Morgan fingerprint density at radius 2 is 1.59 bits per heavy atom. The molecule has 1 aliphatic heterocycles. The molecule has 0 bridgehead atoms. The second-order valence-electron chi connectivity index (χ2n) is 6.38. The van der Waals surface area contributed by atoms with Crippen molar-refractivity contribution in [1.29, 1.82) is 0 Å². The number of hydrogen-bond acceptors (Lipinski definition) is 8. The maximum absolute atomic E-state index is 12.4. The Hall–Kier alpha value is -2.98. The zero-order chi connectivity index (χ0) is 21.2. The molecule has 2 aromatic rings. The zero-order valence-corrected chi connectivity index (χ0v) is 17.0. The molecule has 0 saturated carbocycles. The van der Waals surface area contributed by atoms with Gasteiger partial charge in [0.25, 0.3) is 0 Å². The molecular weight excluding hydrogens is 400 g/mol. The summed E-state index contributed by atoms with van der Waals surface area (Å²) >= 11 is 0. The SMILES string of the molecule is COc1cc(OC)c([C@H]2CC(Nc3ccc(S(N)(=O)=O)cc3)C(=O)O2)cc1OC. The highest BCUT2D eigenvalue weighted by atomic mass is 32.2. The number of nitrogens with one attached hydrogen (secondary N) is 1. The van der Waals surface area contributed by atoms with E-state index in [4.69, 9.17) is 24.1 Å². The fourth-order valence-electron chi connectivity index (χ4n) is 3.14. The molecular formula is C19H22N2O7S. The van der Waals surface area contributed by atoms with Gasteiger partial charge in [-0.1, -0.05) is 0 Å². The van der Waals surface area contributed by atoms with Crippen molar-refractivity contribution in [2.24, 2.45) is 5.14 Å². The van der Waals surface area contributed by atoms with E-state index in [1.54, 1.807) is 12.1 Å². The van der Waals surface area contributed by atoms with Crippen molar-refractivity contribution in [1.82, 2.24) is 0 Å². The number of nitrogens with two attached hydrogens (primary N) is 1.